The first-order valence-corrected chi connectivity index (χ1v) is 4.08. The molecule has 0 spiro atoms. The molecule has 0 bridgehead atoms. The van der Waals surface area contributed by atoms with Crippen molar-refractivity contribution in [3.8, 4) is 0 Å². The van der Waals surface area contributed by atoms with Crippen LogP contribution in [0, 0.1) is 0 Å². The lowest BCUT2D eigenvalue weighted by molar-refractivity contribution is -0.870. The number of primary amides is 1. The van der Waals surface area contributed by atoms with Crippen molar-refractivity contribution in [1.29, 1.82) is 0 Å². The molecule has 0 heterocycles. The van der Waals surface area contributed by atoms with Gasteiger partial charge in [0.15, 0.2) is 0 Å². The first kappa shape index (κ1) is 11.4. The molecule has 0 aromatic carbocycles. The van der Waals surface area contributed by atoms with Gasteiger partial charge in [-0.15, -0.1) is 0 Å². The number of rotatable bonds is 6. The number of nitrogens with two attached hydrogens (primary N) is 1. The third kappa shape index (κ3) is 9.39. The Kier molecular flexibility index (Phi) is 4.85. The van der Waals surface area contributed by atoms with Crippen molar-refractivity contribution in [3.63, 3.8) is 0 Å². The lowest BCUT2D eigenvalue weighted by atomic mass is 10.4. The second kappa shape index (κ2) is 5.11. The van der Waals surface area contributed by atoms with E-state index in [1.54, 1.807) is 0 Å². The number of likely N-dealkylation sites (N-methyl/N-ethyl adjacent to an activating group) is 1. The van der Waals surface area contributed by atoms with E-state index in [1.165, 1.54) is 0 Å². The zero-order valence-corrected chi connectivity index (χ0v) is 8.17. The molecule has 4 heteroatoms. The SMILES string of the molecule is C[N+](C)(C)CCOCCC(N)=O. The van der Waals surface area contributed by atoms with E-state index >= 15 is 0 Å². The van der Waals surface area contributed by atoms with E-state index in [2.05, 4.69) is 21.1 Å². The number of ether oxygens (including phenoxy) is 1. The van der Waals surface area contributed by atoms with Gasteiger partial charge in [-0.3, -0.25) is 4.79 Å². The van der Waals surface area contributed by atoms with Gasteiger partial charge in [-0.2, -0.15) is 0 Å². The van der Waals surface area contributed by atoms with Crippen LogP contribution < -0.4 is 5.73 Å². The van der Waals surface area contributed by atoms with E-state index < -0.39 is 0 Å². The van der Waals surface area contributed by atoms with Gasteiger partial charge in [0.25, 0.3) is 0 Å². The number of hydrogen-bond acceptors (Lipinski definition) is 2. The Labute approximate surface area is 73.9 Å². The summed E-state index contributed by atoms with van der Waals surface area (Å²) < 4.78 is 6.08. The highest BCUT2D eigenvalue weighted by Crippen LogP contribution is 1.90. The van der Waals surface area contributed by atoms with Crippen molar-refractivity contribution < 1.29 is 14.0 Å². The Morgan fingerprint density at radius 2 is 1.92 bits per heavy atom. The van der Waals surface area contributed by atoms with Gasteiger partial charge in [0.05, 0.1) is 34.4 Å². The lowest BCUT2D eigenvalue weighted by Gasteiger charge is -2.23. The summed E-state index contributed by atoms with van der Waals surface area (Å²) in [6.07, 6.45) is 0.317. The Morgan fingerprint density at radius 1 is 1.33 bits per heavy atom. The molecule has 0 aliphatic rings. The molecular weight excluding hydrogens is 156 g/mol. The van der Waals surface area contributed by atoms with Gasteiger partial charge in [0.1, 0.15) is 6.54 Å². The Hall–Kier alpha value is -0.610. The van der Waals surface area contributed by atoms with E-state index in [9.17, 15) is 4.79 Å². The van der Waals surface area contributed by atoms with Crippen LogP contribution in [0.15, 0.2) is 0 Å². The smallest absolute Gasteiger partial charge is 0.219 e. The minimum Gasteiger partial charge on any atom is -0.375 e. The van der Waals surface area contributed by atoms with Gasteiger partial charge in [0.2, 0.25) is 5.91 Å². The third-order valence-electron chi connectivity index (χ3n) is 1.40. The summed E-state index contributed by atoms with van der Waals surface area (Å²) in [5.74, 6) is -0.305. The molecule has 0 saturated heterocycles. The summed E-state index contributed by atoms with van der Waals surface area (Å²) in [6.45, 7) is 2.06. The average Bonchev–Trinajstić information content (AvgIpc) is 1.83. The normalized spacial score (nSPS) is 11.6. The highest BCUT2D eigenvalue weighted by molar-refractivity contribution is 5.73. The molecule has 1 amide bonds. The number of amides is 1. The second-order valence-corrected chi connectivity index (χ2v) is 3.84. The summed E-state index contributed by atoms with van der Waals surface area (Å²) >= 11 is 0. The standard InChI is InChI=1S/C8H18N2O2/c1-10(2,3)5-7-12-6-4-8(9)11/h4-7H2,1-3H3,(H-,9,11)/p+1. The Balaban J connectivity index is 3.17. The molecule has 0 unspecified atom stereocenters. The van der Waals surface area contributed by atoms with Crippen LogP contribution in [0.4, 0.5) is 0 Å². The molecule has 12 heavy (non-hydrogen) atoms. The minimum atomic E-state index is -0.305. The van der Waals surface area contributed by atoms with Crippen LogP contribution in [0.5, 0.6) is 0 Å². The monoisotopic (exact) mass is 175 g/mol. The summed E-state index contributed by atoms with van der Waals surface area (Å²) in [5.41, 5.74) is 4.94. The minimum absolute atomic E-state index is 0.305. The molecule has 0 aliphatic carbocycles. The van der Waals surface area contributed by atoms with Crippen LogP contribution >= 0.6 is 0 Å². The number of quaternary nitrogens is 1. The van der Waals surface area contributed by atoms with Crippen LogP contribution in [0.2, 0.25) is 0 Å². The number of nitrogens with zero attached hydrogens (tertiary/aromatic N) is 1. The van der Waals surface area contributed by atoms with Crippen molar-refractivity contribution in [2.75, 3.05) is 40.9 Å². The van der Waals surface area contributed by atoms with E-state index in [0.29, 0.717) is 19.6 Å². The molecule has 72 valence electrons. The van der Waals surface area contributed by atoms with Crippen LogP contribution in [-0.2, 0) is 9.53 Å². The van der Waals surface area contributed by atoms with E-state index in [1.807, 2.05) is 0 Å². The molecule has 0 aromatic heterocycles. The quantitative estimate of drug-likeness (QED) is 0.440. The van der Waals surface area contributed by atoms with Gasteiger partial charge in [-0.05, 0) is 0 Å². The fourth-order valence-electron chi connectivity index (χ4n) is 0.613. The summed E-state index contributed by atoms with van der Waals surface area (Å²) in [5, 5.41) is 0. The highest BCUT2D eigenvalue weighted by Gasteiger charge is 2.05. The first-order chi connectivity index (χ1) is 5.42. The maximum atomic E-state index is 10.3. The van der Waals surface area contributed by atoms with E-state index in [-0.39, 0.29) is 5.91 Å². The third-order valence-corrected chi connectivity index (χ3v) is 1.40. The van der Waals surface area contributed by atoms with Crippen molar-refractivity contribution in [1.82, 2.24) is 0 Å². The molecule has 0 atom stereocenters. The topological polar surface area (TPSA) is 52.3 Å². The van der Waals surface area contributed by atoms with Gasteiger partial charge >= 0.3 is 0 Å². The zero-order chi connectivity index (χ0) is 9.61. The summed E-state index contributed by atoms with van der Waals surface area (Å²) in [7, 11) is 6.28. The average molecular weight is 175 g/mol. The predicted octanol–water partition coefficient (Wildman–Crippen LogP) is -0.415. The fraction of sp³-hybridized carbons (Fsp3) is 0.875. The maximum absolute atomic E-state index is 10.3. The summed E-state index contributed by atoms with van der Waals surface area (Å²) in [4.78, 5) is 10.3. The largest absolute Gasteiger partial charge is 0.375 e. The fourth-order valence-corrected chi connectivity index (χ4v) is 0.613. The zero-order valence-electron chi connectivity index (χ0n) is 8.17. The lowest BCUT2D eigenvalue weighted by Crippen LogP contribution is -2.37. The molecule has 0 radical (unpaired) electrons. The molecule has 0 fully saturated rings. The van der Waals surface area contributed by atoms with Crippen LogP contribution in [-0.4, -0.2) is 51.3 Å². The molecule has 4 nitrogen and oxygen atoms in total. The Morgan fingerprint density at radius 3 is 2.33 bits per heavy atom. The molecular formula is C8H19N2O2+. The highest BCUT2D eigenvalue weighted by atomic mass is 16.5. The van der Waals surface area contributed by atoms with Crippen LogP contribution in [0.1, 0.15) is 6.42 Å². The van der Waals surface area contributed by atoms with Gasteiger partial charge in [-0.1, -0.05) is 0 Å². The van der Waals surface area contributed by atoms with Crippen molar-refractivity contribution >= 4 is 5.91 Å². The second-order valence-electron chi connectivity index (χ2n) is 3.84. The first-order valence-electron chi connectivity index (χ1n) is 4.08. The predicted molar refractivity (Wildman–Crippen MR) is 47.5 cm³/mol. The Bertz CT molecular complexity index is 140. The maximum Gasteiger partial charge on any atom is 0.219 e. The van der Waals surface area contributed by atoms with Crippen LogP contribution in [0.3, 0.4) is 0 Å². The molecule has 0 aromatic rings. The number of carbonyl (C=O) groups excluding carboxylic acids is 1. The summed E-state index contributed by atoms with van der Waals surface area (Å²) in [6, 6.07) is 0. The molecule has 0 saturated carbocycles. The van der Waals surface area contributed by atoms with Gasteiger partial charge in [0, 0.05) is 6.42 Å². The van der Waals surface area contributed by atoms with E-state index in [0.717, 1.165) is 11.0 Å². The van der Waals surface area contributed by atoms with Crippen molar-refractivity contribution in [3.05, 3.63) is 0 Å². The number of hydrogen-bond donors (Lipinski definition) is 1. The molecule has 0 rings (SSSR count). The van der Waals surface area contributed by atoms with Crippen LogP contribution in [0.25, 0.3) is 0 Å². The van der Waals surface area contributed by atoms with Gasteiger partial charge < -0.3 is 15.0 Å². The number of carbonyl (C=O) groups is 1. The van der Waals surface area contributed by atoms with Crippen molar-refractivity contribution in [2.24, 2.45) is 5.73 Å². The van der Waals surface area contributed by atoms with Gasteiger partial charge in [-0.25, -0.2) is 0 Å². The van der Waals surface area contributed by atoms with E-state index in [4.69, 9.17) is 10.5 Å². The molecule has 0 aliphatic heterocycles. The van der Waals surface area contributed by atoms with Crippen molar-refractivity contribution in [2.45, 2.75) is 6.42 Å². The molecule has 2 N–H and O–H groups in total.